The van der Waals surface area contributed by atoms with Crippen LogP contribution in [0.1, 0.15) is 29.9 Å². The first-order chi connectivity index (χ1) is 14.7. The van der Waals surface area contributed by atoms with Gasteiger partial charge in [-0.25, -0.2) is 4.79 Å². The van der Waals surface area contributed by atoms with Crippen LogP contribution in [0.5, 0.6) is 0 Å². The molecule has 30 heavy (non-hydrogen) atoms. The van der Waals surface area contributed by atoms with Crippen LogP contribution in [0.15, 0.2) is 67.0 Å². The molecule has 0 saturated carbocycles. The number of piperidine rings is 1. The van der Waals surface area contributed by atoms with Gasteiger partial charge in [0.05, 0.1) is 0 Å². The standard InChI is InChI=1S/C24H23N3O3/c28-17-24(27-13-5-12-25-27)10-14-26(15-11-24)23(29)30-16-22-20-8-3-1-6-18(20)19-7-2-4-9-21(19)22/h1-9,12-13,17,22H,10-11,14-16H2. The highest BCUT2D eigenvalue weighted by atomic mass is 16.6. The Labute approximate surface area is 175 Å². The number of carbonyl (C=O) groups excluding carboxylic acids is 2. The number of aromatic nitrogens is 2. The minimum absolute atomic E-state index is 0.0456. The summed E-state index contributed by atoms with van der Waals surface area (Å²) in [7, 11) is 0. The van der Waals surface area contributed by atoms with Gasteiger partial charge < -0.3 is 14.4 Å². The highest BCUT2D eigenvalue weighted by Crippen LogP contribution is 2.44. The first kappa shape index (κ1) is 18.6. The van der Waals surface area contributed by atoms with Gasteiger partial charge in [0.2, 0.25) is 0 Å². The number of nitrogens with zero attached hydrogens (tertiary/aromatic N) is 3. The van der Waals surface area contributed by atoms with Crippen molar-refractivity contribution in [3.05, 3.63) is 78.1 Å². The third-order valence-corrected chi connectivity index (χ3v) is 6.40. The molecule has 2 aromatic carbocycles. The smallest absolute Gasteiger partial charge is 0.409 e. The summed E-state index contributed by atoms with van der Waals surface area (Å²) in [6, 6.07) is 18.4. The van der Waals surface area contributed by atoms with E-state index in [9.17, 15) is 9.59 Å². The third kappa shape index (κ3) is 3.00. The second-order valence-electron chi connectivity index (χ2n) is 7.96. The number of benzene rings is 2. The van der Waals surface area contributed by atoms with E-state index in [-0.39, 0.29) is 12.0 Å². The van der Waals surface area contributed by atoms with Crippen LogP contribution < -0.4 is 0 Å². The number of hydrogen-bond acceptors (Lipinski definition) is 4. The van der Waals surface area contributed by atoms with Gasteiger partial charge in [-0.3, -0.25) is 4.68 Å². The van der Waals surface area contributed by atoms with Crippen molar-refractivity contribution in [1.29, 1.82) is 0 Å². The number of rotatable bonds is 4. The molecule has 0 radical (unpaired) electrons. The average molecular weight is 401 g/mol. The molecule has 1 aliphatic carbocycles. The fraction of sp³-hybridized carbons (Fsp3) is 0.292. The number of ether oxygens (including phenoxy) is 1. The van der Waals surface area contributed by atoms with Crippen molar-refractivity contribution >= 4 is 12.4 Å². The zero-order chi connectivity index (χ0) is 20.6. The van der Waals surface area contributed by atoms with E-state index in [1.165, 1.54) is 22.3 Å². The largest absolute Gasteiger partial charge is 0.448 e. The van der Waals surface area contributed by atoms with Gasteiger partial charge in [-0.1, -0.05) is 48.5 Å². The molecule has 0 N–H and O–H groups in total. The molecule has 6 heteroatoms. The maximum atomic E-state index is 12.8. The SMILES string of the molecule is O=CC1(n2cccn2)CCN(C(=O)OCC2c3ccccc3-c3ccccc32)CC1. The molecule has 152 valence electrons. The molecule has 1 saturated heterocycles. The molecule has 0 atom stereocenters. The number of likely N-dealkylation sites (tertiary alicyclic amines) is 1. The molecule has 2 heterocycles. The summed E-state index contributed by atoms with van der Waals surface area (Å²) in [6.45, 7) is 1.24. The quantitative estimate of drug-likeness (QED) is 0.624. The minimum atomic E-state index is -0.677. The summed E-state index contributed by atoms with van der Waals surface area (Å²) in [5.41, 5.74) is 4.14. The van der Waals surface area contributed by atoms with Crippen LogP contribution in [0.2, 0.25) is 0 Å². The molecule has 1 amide bonds. The fourth-order valence-electron chi connectivity index (χ4n) is 4.70. The second-order valence-corrected chi connectivity index (χ2v) is 7.96. The molecule has 5 rings (SSSR count). The Morgan fingerprint density at radius 2 is 1.67 bits per heavy atom. The maximum Gasteiger partial charge on any atom is 0.409 e. The Balaban J connectivity index is 1.26. The van der Waals surface area contributed by atoms with Crippen LogP contribution in [0.3, 0.4) is 0 Å². The molecule has 1 aromatic heterocycles. The van der Waals surface area contributed by atoms with Crippen molar-refractivity contribution in [2.45, 2.75) is 24.3 Å². The van der Waals surface area contributed by atoms with Gasteiger partial charge in [0.1, 0.15) is 18.4 Å². The fourth-order valence-corrected chi connectivity index (χ4v) is 4.70. The Morgan fingerprint density at radius 1 is 1.03 bits per heavy atom. The maximum absolute atomic E-state index is 12.8. The normalized spacial score (nSPS) is 17.3. The summed E-state index contributed by atoms with van der Waals surface area (Å²) in [5, 5.41) is 4.23. The van der Waals surface area contributed by atoms with Crippen molar-refractivity contribution in [3.63, 3.8) is 0 Å². The minimum Gasteiger partial charge on any atom is -0.448 e. The lowest BCUT2D eigenvalue weighted by atomic mass is 9.89. The number of amides is 1. The molecule has 6 nitrogen and oxygen atoms in total. The Hall–Kier alpha value is -3.41. The van der Waals surface area contributed by atoms with Crippen molar-refractivity contribution in [1.82, 2.24) is 14.7 Å². The molecule has 0 unspecified atom stereocenters. The number of aldehydes is 1. The molecule has 0 bridgehead atoms. The van der Waals surface area contributed by atoms with Crippen LogP contribution in [0, 0.1) is 0 Å². The predicted octanol–water partition coefficient (Wildman–Crippen LogP) is 3.82. The van der Waals surface area contributed by atoms with Gasteiger partial charge in [0, 0.05) is 31.4 Å². The Bertz CT molecular complexity index is 1020. The molecule has 1 aliphatic heterocycles. The van der Waals surface area contributed by atoms with Crippen molar-refractivity contribution in [3.8, 4) is 11.1 Å². The lowest BCUT2D eigenvalue weighted by Crippen LogP contribution is -2.49. The number of fused-ring (bicyclic) bond motifs is 3. The van der Waals surface area contributed by atoms with Crippen LogP contribution in [-0.4, -0.2) is 46.8 Å². The summed E-state index contributed by atoms with van der Waals surface area (Å²) >= 11 is 0. The third-order valence-electron chi connectivity index (χ3n) is 6.40. The van der Waals surface area contributed by atoms with E-state index in [1.807, 2.05) is 30.3 Å². The van der Waals surface area contributed by atoms with Gasteiger partial charge in [-0.2, -0.15) is 5.10 Å². The van der Waals surface area contributed by atoms with Crippen LogP contribution in [-0.2, 0) is 15.1 Å². The molecule has 0 spiro atoms. The monoisotopic (exact) mass is 401 g/mol. The Morgan fingerprint density at radius 3 is 2.23 bits per heavy atom. The predicted molar refractivity (Wildman–Crippen MR) is 112 cm³/mol. The van der Waals surface area contributed by atoms with E-state index in [1.54, 1.807) is 22.0 Å². The lowest BCUT2D eigenvalue weighted by molar-refractivity contribution is -0.118. The van der Waals surface area contributed by atoms with E-state index in [2.05, 4.69) is 29.4 Å². The van der Waals surface area contributed by atoms with Crippen molar-refractivity contribution in [2.75, 3.05) is 19.7 Å². The average Bonchev–Trinajstić information content (AvgIpc) is 3.45. The van der Waals surface area contributed by atoms with Gasteiger partial charge in [0.25, 0.3) is 0 Å². The summed E-state index contributed by atoms with van der Waals surface area (Å²) in [6.07, 6.45) is 5.16. The molecular weight excluding hydrogens is 378 g/mol. The molecule has 1 fully saturated rings. The summed E-state index contributed by atoms with van der Waals surface area (Å²) in [4.78, 5) is 26.2. The second kappa shape index (κ2) is 7.44. The van der Waals surface area contributed by atoms with Crippen molar-refractivity contribution < 1.29 is 14.3 Å². The van der Waals surface area contributed by atoms with Crippen LogP contribution in [0.4, 0.5) is 4.79 Å². The topological polar surface area (TPSA) is 64.4 Å². The Kier molecular flexibility index (Phi) is 4.62. The van der Waals surface area contributed by atoms with Gasteiger partial charge in [-0.15, -0.1) is 0 Å². The number of hydrogen-bond donors (Lipinski definition) is 0. The van der Waals surface area contributed by atoms with Gasteiger partial charge >= 0.3 is 6.09 Å². The van der Waals surface area contributed by atoms with E-state index in [0.717, 1.165) is 6.29 Å². The first-order valence-electron chi connectivity index (χ1n) is 10.3. The first-order valence-corrected chi connectivity index (χ1v) is 10.3. The molecule has 3 aromatic rings. The van der Waals surface area contributed by atoms with Crippen molar-refractivity contribution in [2.24, 2.45) is 0 Å². The zero-order valence-electron chi connectivity index (χ0n) is 16.6. The van der Waals surface area contributed by atoms with E-state index in [0.29, 0.717) is 32.5 Å². The number of carbonyl (C=O) groups is 2. The zero-order valence-corrected chi connectivity index (χ0v) is 16.6. The van der Waals surface area contributed by atoms with E-state index < -0.39 is 5.54 Å². The highest BCUT2D eigenvalue weighted by Gasteiger charge is 2.38. The van der Waals surface area contributed by atoms with Gasteiger partial charge in [-0.05, 0) is 41.2 Å². The van der Waals surface area contributed by atoms with Crippen LogP contribution >= 0.6 is 0 Å². The van der Waals surface area contributed by atoms with E-state index >= 15 is 0 Å². The van der Waals surface area contributed by atoms with E-state index in [4.69, 9.17) is 4.74 Å². The summed E-state index contributed by atoms with van der Waals surface area (Å²) < 4.78 is 7.45. The molecular formula is C24H23N3O3. The molecule has 2 aliphatic rings. The lowest BCUT2D eigenvalue weighted by Gasteiger charge is -2.37. The summed E-state index contributed by atoms with van der Waals surface area (Å²) in [5.74, 6) is 0.0456. The highest BCUT2D eigenvalue weighted by molar-refractivity contribution is 5.79. The van der Waals surface area contributed by atoms with Crippen LogP contribution in [0.25, 0.3) is 11.1 Å². The van der Waals surface area contributed by atoms with Gasteiger partial charge in [0.15, 0.2) is 0 Å².